The molecular weight excluding hydrogens is 302 g/mol. The molecule has 2 amide bonds. The maximum absolute atomic E-state index is 12.8. The van der Waals surface area contributed by atoms with Gasteiger partial charge in [-0.1, -0.05) is 0 Å². The van der Waals surface area contributed by atoms with Crippen molar-refractivity contribution in [2.24, 2.45) is 5.92 Å². The molecule has 0 unspecified atom stereocenters. The Kier molecular flexibility index (Phi) is 5.13. The number of fused-ring (bicyclic) bond motifs is 3. The summed E-state index contributed by atoms with van der Waals surface area (Å²) in [6.07, 6.45) is 0.589. The quantitative estimate of drug-likeness (QED) is 0.744. The van der Waals surface area contributed by atoms with Crippen molar-refractivity contribution in [3.05, 3.63) is 0 Å². The van der Waals surface area contributed by atoms with Crippen LogP contribution in [0.4, 0.5) is 9.59 Å². The normalized spacial score (nSPS) is 25.0. The predicted octanol–water partition coefficient (Wildman–Crippen LogP) is 0.416. The summed E-state index contributed by atoms with van der Waals surface area (Å²) in [7, 11) is 6.32. The second-order valence-corrected chi connectivity index (χ2v) is 6.56. The minimum atomic E-state index is -1.06. The van der Waals surface area contributed by atoms with E-state index >= 15 is 0 Å². The highest BCUT2D eigenvalue weighted by Crippen LogP contribution is 2.37. The molecule has 0 aromatic carbocycles. The number of carbonyl (C=O) groups is 3. The van der Waals surface area contributed by atoms with Crippen LogP contribution in [-0.2, 0) is 14.3 Å². The summed E-state index contributed by atoms with van der Waals surface area (Å²) in [6.45, 7) is 1.30. The molecule has 3 aliphatic rings. The first-order valence-corrected chi connectivity index (χ1v) is 7.75. The lowest BCUT2D eigenvalue weighted by Gasteiger charge is -2.51. The molecule has 0 aromatic rings. The zero-order chi connectivity index (χ0) is 17.2. The number of carbonyl (C=O) groups excluding carboxylic acids is 3. The topological polar surface area (TPSA) is 79.4 Å². The molecule has 3 fully saturated rings. The zero-order valence-electron chi connectivity index (χ0n) is 14.2. The fraction of sp³-hybridized carbons (Fsp3) is 0.800. The first kappa shape index (κ1) is 17.5. The maximum Gasteiger partial charge on any atom is 0.409 e. The van der Waals surface area contributed by atoms with Crippen LogP contribution < -0.4 is 0 Å². The van der Waals surface area contributed by atoms with Gasteiger partial charge in [0.15, 0.2) is 5.78 Å². The van der Waals surface area contributed by atoms with Gasteiger partial charge in [0.1, 0.15) is 18.8 Å². The van der Waals surface area contributed by atoms with Crippen LogP contribution in [-0.4, -0.2) is 92.7 Å². The molecule has 0 N–H and O–H groups in total. The molecule has 8 nitrogen and oxygen atoms in total. The number of hydrogen-bond donors (Lipinski definition) is 0. The highest BCUT2D eigenvalue weighted by Gasteiger charge is 2.55. The van der Waals surface area contributed by atoms with Crippen LogP contribution in [0, 0.1) is 5.92 Å². The number of amides is 2. The van der Waals surface area contributed by atoms with Gasteiger partial charge in [-0.25, -0.2) is 9.59 Å². The number of ether oxygens (including phenoxy) is 2. The minimum absolute atomic E-state index is 0.00751. The number of hydrogen-bond acceptors (Lipinski definition) is 6. The number of piperidine rings is 3. The smallest absolute Gasteiger partial charge is 0.409 e. The van der Waals surface area contributed by atoms with Crippen molar-refractivity contribution in [3.63, 3.8) is 0 Å². The average molecular weight is 327 g/mol. The van der Waals surface area contributed by atoms with Crippen molar-refractivity contribution < 1.29 is 23.9 Å². The Balaban J connectivity index is 2.15. The molecule has 3 saturated heterocycles. The highest BCUT2D eigenvalue weighted by molar-refractivity contribution is 5.93. The lowest BCUT2D eigenvalue weighted by molar-refractivity contribution is -0.157. The largest absolute Gasteiger partial charge is 0.447 e. The minimum Gasteiger partial charge on any atom is -0.447 e. The van der Waals surface area contributed by atoms with E-state index in [1.54, 1.807) is 28.2 Å². The Morgan fingerprint density at radius 2 is 1.48 bits per heavy atom. The molecule has 0 aliphatic carbocycles. The first-order valence-electron chi connectivity index (χ1n) is 7.75. The van der Waals surface area contributed by atoms with E-state index in [0.29, 0.717) is 0 Å². The number of Topliss-reactive ketones (excluding diaryl/α,β-unsaturated/α-hetero) is 1. The van der Waals surface area contributed by atoms with Gasteiger partial charge in [-0.15, -0.1) is 0 Å². The molecule has 2 bridgehead atoms. The van der Waals surface area contributed by atoms with E-state index in [1.165, 1.54) is 9.80 Å². The van der Waals surface area contributed by atoms with Crippen LogP contribution in [0.25, 0.3) is 0 Å². The molecule has 0 radical (unpaired) electrons. The average Bonchev–Trinajstić information content (AvgIpc) is 2.53. The summed E-state index contributed by atoms with van der Waals surface area (Å²) in [5.41, 5.74) is -1.06. The lowest BCUT2D eigenvalue weighted by Crippen LogP contribution is -2.69. The van der Waals surface area contributed by atoms with Crippen molar-refractivity contribution in [2.75, 3.05) is 54.5 Å². The van der Waals surface area contributed by atoms with Crippen LogP contribution in [0.2, 0.25) is 0 Å². The van der Waals surface area contributed by atoms with Crippen LogP contribution in [0.5, 0.6) is 0 Å². The van der Waals surface area contributed by atoms with E-state index in [2.05, 4.69) is 0 Å². The summed E-state index contributed by atoms with van der Waals surface area (Å²) < 4.78 is 10.6. The van der Waals surface area contributed by atoms with E-state index in [0.717, 1.165) is 25.9 Å². The van der Waals surface area contributed by atoms with Gasteiger partial charge in [0.05, 0.1) is 0 Å². The van der Waals surface area contributed by atoms with Crippen molar-refractivity contribution >= 4 is 18.0 Å². The predicted molar refractivity (Wildman–Crippen MR) is 82.1 cm³/mol. The Morgan fingerprint density at radius 1 is 1.04 bits per heavy atom. The van der Waals surface area contributed by atoms with Crippen LogP contribution >= 0.6 is 0 Å². The first-order chi connectivity index (χ1) is 10.8. The summed E-state index contributed by atoms with van der Waals surface area (Å²) in [5.74, 6) is -0.0378. The molecule has 3 rings (SSSR count). The maximum atomic E-state index is 12.8. The second-order valence-electron chi connectivity index (χ2n) is 6.56. The summed E-state index contributed by atoms with van der Waals surface area (Å²) in [5, 5.41) is 0. The van der Waals surface area contributed by atoms with Gasteiger partial charge in [0.25, 0.3) is 0 Å². The molecule has 0 aromatic heterocycles. The fourth-order valence-electron chi connectivity index (χ4n) is 3.09. The number of ketones is 1. The third kappa shape index (κ3) is 3.41. The van der Waals surface area contributed by atoms with Gasteiger partial charge in [-0.2, -0.15) is 0 Å². The fourth-order valence-corrected chi connectivity index (χ4v) is 3.09. The van der Waals surface area contributed by atoms with Gasteiger partial charge in [0, 0.05) is 47.2 Å². The molecule has 23 heavy (non-hydrogen) atoms. The van der Waals surface area contributed by atoms with Crippen LogP contribution in [0.1, 0.15) is 12.8 Å². The molecule has 130 valence electrons. The van der Waals surface area contributed by atoms with Gasteiger partial charge in [0.2, 0.25) is 0 Å². The molecule has 3 aliphatic heterocycles. The zero-order valence-corrected chi connectivity index (χ0v) is 14.2. The van der Waals surface area contributed by atoms with E-state index < -0.39 is 17.7 Å². The number of rotatable bonds is 4. The summed E-state index contributed by atoms with van der Waals surface area (Å²) >= 11 is 0. The van der Waals surface area contributed by atoms with Gasteiger partial charge in [-0.3, -0.25) is 9.69 Å². The van der Waals surface area contributed by atoms with E-state index in [-0.39, 0.29) is 24.9 Å². The van der Waals surface area contributed by atoms with Crippen molar-refractivity contribution in [1.29, 1.82) is 0 Å². The molecule has 3 heterocycles. The lowest BCUT2D eigenvalue weighted by atomic mass is 9.74. The van der Waals surface area contributed by atoms with Crippen LogP contribution in [0.3, 0.4) is 0 Å². The van der Waals surface area contributed by atoms with E-state index in [4.69, 9.17) is 9.47 Å². The monoisotopic (exact) mass is 327 g/mol. The molecule has 0 spiro atoms. The Bertz CT molecular complexity index is 460. The van der Waals surface area contributed by atoms with E-state index in [1.807, 2.05) is 4.90 Å². The van der Waals surface area contributed by atoms with E-state index in [9.17, 15) is 14.4 Å². The molecule has 8 heteroatoms. The van der Waals surface area contributed by atoms with Crippen LogP contribution in [0.15, 0.2) is 0 Å². The second kappa shape index (κ2) is 6.74. The van der Waals surface area contributed by atoms with Gasteiger partial charge in [-0.05, 0) is 12.8 Å². The molecule has 0 saturated carbocycles. The third-order valence-corrected chi connectivity index (χ3v) is 4.53. The summed E-state index contributed by atoms with van der Waals surface area (Å²) in [6, 6.07) is 0. The standard InChI is InChI=1S/C15H25N3O5/c1-16(2)13(20)22-9-15(10-23-14(21)17(3)4)12(19)11-5-7-18(15)8-6-11/h11H,5-10H2,1-4H3. The van der Waals surface area contributed by atoms with Crippen molar-refractivity contribution in [3.8, 4) is 0 Å². The number of nitrogens with zero attached hydrogens (tertiary/aromatic N) is 3. The molecule has 0 atom stereocenters. The Morgan fingerprint density at radius 3 is 1.83 bits per heavy atom. The van der Waals surface area contributed by atoms with Gasteiger partial charge >= 0.3 is 12.2 Å². The SMILES string of the molecule is CN(C)C(=O)OCC1(COC(=O)N(C)C)C(=O)C2CCN1CC2. The third-order valence-electron chi connectivity index (χ3n) is 4.53. The van der Waals surface area contributed by atoms with Crippen molar-refractivity contribution in [2.45, 2.75) is 18.4 Å². The Labute approximate surface area is 136 Å². The summed E-state index contributed by atoms with van der Waals surface area (Å²) in [4.78, 5) is 40.9. The molecular formula is C15H25N3O5. The van der Waals surface area contributed by atoms with Crippen molar-refractivity contribution in [1.82, 2.24) is 14.7 Å². The Hall–Kier alpha value is -1.83. The van der Waals surface area contributed by atoms with Gasteiger partial charge < -0.3 is 19.3 Å². The highest BCUT2D eigenvalue weighted by atomic mass is 16.6.